The minimum atomic E-state index is -0.974. The average Bonchev–Trinajstić information content (AvgIpc) is 3.16. The number of nitrogen functional groups attached to an aromatic ring is 1. The van der Waals surface area contributed by atoms with Crippen LogP contribution in [0.4, 0.5) is 17.4 Å². The largest absolute Gasteiger partial charge is 0.598 e. The van der Waals surface area contributed by atoms with Crippen molar-refractivity contribution in [2.24, 2.45) is 0 Å². The first-order chi connectivity index (χ1) is 14.0. The molecule has 1 aliphatic heterocycles. The number of hydrogen-bond acceptors (Lipinski definition) is 8. The van der Waals surface area contributed by atoms with E-state index in [1.165, 1.54) is 6.26 Å². The average molecular weight is 441 g/mol. The Hall–Kier alpha value is -1.98. The summed E-state index contributed by atoms with van der Waals surface area (Å²) in [5.41, 5.74) is 6.90. The van der Waals surface area contributed by atoms with Crippen molar-refractivity contribution < 1.29 is 13.8 Å². The van der Waals surface area contributed by atoms with Crippen molar-refractivity contribution in [1.29, 1.82) is 0 Å². The van der Waals surface area contributed by atoms with Crippen LogP contribution in [0.3, 0.4) is 0 Å². The lowest BCUT2D eigenvalue weighted by Gasteiger charge is -2.35. The molecule has 1 amide bonds. The number of aromatic nitrogens is 1. The number of nitrogens with zero attached hydrogens (tertiary/aromatic N) is 3. The van der Waals surface area contributed by atoms with E-state index in [0.29, 0.717) is 29.6 Å². The van der Waals surface area contributed by atoms with E-state index in [1.54, 1.807) is 6.07 Å². The van der Waals surface area contributed by atoms with Crippen LogP contribution in [0, 0.1) is 0 Å². The van der Waals surface area contributed by atoms with Crippen molar-refractivity contribution in [1.82, 2.24) is 14.6 Å². The number of amides is 1. The molecule has 3 rings (SSSR count). The Morgan fingerprint density at radius 3 is 2.79 bits per heavy atom. The number of piperazine rings is 1. The van der Waals surface area contributed by atoms with Crippen molar-refractivity contribution in [3.8, 4) is 0 Å². The molecule has 9 nitrogen and oxygen atoms in total. The fourth-order valence-corrected chi connectivity index (χ4v) is 4.31. The summed E-state index contributed by atoms with van der Waals surface area (Å²) < 4.78 is 19.2. The molecule has 29 heavy (non-hydrogen) atoms. The van der Waals surface area contributed by atoms with E-state index in [2.05, 4.69) is 20.5 Å². The van der Waals surface area contributed by atoms with Gasteiger partial charge in [-0.15, -0.1) is 4.31 Å². The van der Waals surface area contributed by atoms with Gasteiger partial charge in [0.15, 0.2) is 5.69 Å². The van der Waals surface area contributed by atoms with Crippen molar-refractivity contribution in [3.05, 3.63) is 35.2 Å². The lowest BCUT2D eigenvalue weighted by Crippen LogP contribution is -2.50. The second kappa shape index (κ2) is 10.2. The number of nitrogens with two attached hydrogens (primary N) is 1. The zero-order valence-electron chi connectivity index (χ0n) is 16.2. The summed E-state index contributed by atoms with van der Waals surface area (Å²) in [5, 5.41) is 6.35. The summed E-state index contributed by atoms with van der Waals surface area (Å²) in [6, 6.07) is 5.39. The van der Waals surface area contributed by atoms with Gasteiger partial charge in [0.25, 0.3) is 11.9 Å². The number of hydrogen-bond donors (Lipinski definition) is 3. The van der Waals surface area contributed by atoms with Crippen LogP contribution in [-0.2, 0) is 11.4 Å². The third kappa shape index (κ3) is 5.77. The van der Waals surface area contributed by atoms with Crippen LogP contribution in [0.5, 0.6) is 0 Å². The van der Waals surface area contributed by atoms with Gasteiger partial charge >= 0.3 is 0 Å². The van der Waals surface area contributed by atoms with E-state index < -0.39 is 17.3 Å². The minimum Gasteiger partial charge on any atom is -0.598 e. The van der Waals surface area contributed by atoms with Crippen LogP contribution < -0.4 is 21.3 Å². The van der Waals surface area contributed by atoms with E-state index in [0.717, 1.165) is 31.9 Å². The number of halogens is 1. The summed E-state index contributed by atoms with van der Waals surface area (Å²) in [7, 11) is 0. The van der Waals surface area contributed by atoms with Gasteiger partial charge in [-0.3, -0.25) is 4.79 Å². The molecule has 158 valence electrons. The normalized spacial score (nSPS) is 16.0. The minimum absolute atomic E-state index is 0.0734. The SMILES string of the molecule is CCNCC[S+]([O-])N1CCN(c2ccc(Cl)c(NC(=O)c3coc(N)n3)c2)CC1. The number of nitrogens with one attached hydrogen (secondary N) is 2. The van der Waals surface area contributed by atoms with Gasteiger partial charge in [0.1, 0.15) is 12.0 Å². The highest BCUT2D eigenvalue weighted by molar-refractivity contribution is 7.89. The van der Waals surface area contributed by atoms with Crippen LogP contribution in [0.25, 0.3) is 0 Å². The zero-order valence-corrected chi connectivity index (χ0v) is 17.8. The van der Waals surface area contributed by atoms with Gasteiger partial charge in [-0.2, -0.15) is 4.98 Å². The Labute approximate surface area is 177 Å². The maximum atomic E-state index is 12.4. The molecule has 0 saturated carbocycles. The smallest absolute Gasteiger partial charge is 0.292 e. The molecular formula is C18H25ClN6O3S. The summed E-state index contributed by atoms with van der Waals surface area (Å²) in [6.45, 7) is 6.56. The van der Waals surface area contributed by atoms with Crippen LogP contribution >= 0.6 is 11.6 Å². The fourth-order valence-electron chi connectivity index (χ4n) is 3.00. The van der Waals surface area contributed by atoms with Gasteiger partial charge in [-0.25, -0.2) is 0 Å². The Balaban J connectivity index is 1.59. The molecule has 0 spiro atoms. The second-order valence-corrected chi connectivity index (χ2v) is 8.46. The highest BCUT2D eigenvalue weighted by Gasteiger charge is 2.26. The number of carbonyl (C=O) groups excluding carboxylic acids is 1. The van der Waals surface area contributed by atoms with E-state index in [9.17, 15) is 9.35 Å². The van der Waals surface area contributed by atoms with Crippen LogP contribution in [0.1, 0.15) is 17.4 Å². The lowest BCUT2D eigenvalue weighted by atomic mass is 10.2. The molecule has 1 saturated heterocycles. The van der Waals surface area contributed by atoms with Crippen molar-refractivity contribution >= 4 is 46.3 Å². The molecule has 2 heterocycles. The molecule has 1 aliphatic rings. The fraction of sp³-hybridized carbons (Fsp3) is 0.444. The molecular weight excluding hydrogens is 416 g/mol. The van der Waals surface area contributed by atoms with Crippen LogP contribution in [-0.4, -0.2) is 64.8 Å². The predicted octanol–water partition coefficient (Wildman–Crippen LogP) is 1.56. The number of benzene rings is 1. The maximum Gasteiger partial charge on any atom is 0.292 e. The van der Waals surface area contributed by atoms with Gasteiger partial charge < -0.3 is 30.2 Å². The number of oxazole rings is 1. The highest BCUT2D eigenvalue weighted by Crippen LogP contribution is 2.29. The van der Waals surface area contributed by atoms with E-state index in [1.807, 2.05) is 23.4 Å². The molecule has 1 aromatic heterocycles. The van der Waals surface area contributed by atoms with Gasteiger partial charge in [0.2, 0.25) is 0 Å². The van der Waals surface area contributed by atoms with Gasteiger partial charge in [-0.1, -0.05) is 18.5 Å². The molecule has 1 fully saturated rings. The molecule has 1 aromatic carbocycles. The number of carbonyl (C=O) groups is 1. The maximum absolute atomic E-state index is 12.4. The molecule has 0 aliphatic carbocycles. The highest BCUT2D eigenvalue weighted by atomic mass is 35.5. The quantitative estimate of drug-likeness (QED) is 0.417. The molecule has 0 bridgehead atoms. The first kappa shape index (κ1) is 21.7. The number of anilines is 3. The van der Waals surface area contributed by atoms with E-state index >= 15 is 0 Å². The Kier molecular flexibility index (Phi) is 7.62. The van der Waals surface area contributed by atoms with Gasteiger partial charge in [-0.05, 0) is 24.7 Å². The molecule has 0 radical (unpaired) electrons. The summed E-state index contributed by atoms with van der Waals surface area (Å²) in [5.74, 6) is 0.169. The van der Waals surface area contributed by atoms with E-state index in [-0.39, 0.29) is 11.7 Å². The molecule has 1 atom stereocenters. The summed E-state index contributed by atoms with van der Waals surface area (Å²) >= 11 is 5.27. The second-order valence-electron chi connectivity index (χ2n) is 6.48. The summed E-state index contributed by atoms with van der Waals surface area (Å²) in [4.78, 5) is 18.3. The Morgan fingerprint density at radius 1 is 1.38 bits per heavy atom. The van der Waals surface area contributed by atoms with Crippen molar-refractivity contribution in [3.63, 3.8) is 0 Å². The standard InChI is InChI=1S/C18H25ClN6O3S/c1-2-21-5-10-29(27)25-8-6-24(7-9-25)13-3-4-14(19)15(11-13)22-17(26)16-12-28-18(20)23-16/h3-4,11-12,21H,2,5-10H2,1H3,(H2,20,23)(H,22,26). The number of rotatable bonds is 8. The van der Waals surface area contributed by atoms with Crippen LogP contribution in [0.15, 0.2) is 28.9 Å². The monoisotopic (exact) mass is 440 g/mol. The zero-order chi connectivity index (χ0) is 20.8. The molecule has 2 aromatic rings. The van der Waals surface area contributed by atoms with E-state index in [4.69, 9.17) is 21.8 Å². The molecule has 4 N–H and O–H groups in total. The van der Waals surface area contributed by atoms with Crippen LogP contribution in [0.2, 0.25) is 5.02 Å². The van der Waals surface area contributed by atoms with Gasteiger partial charge in [0, 0.05) is 36.7 Å². The van der Waals surface area contributed by atoms with Gasteiger partial charge in [0.05, 0.1) is 23.8 Å². The predicted molar refractivity (Wildman–Crippen MR) is 116 cm³/mol. The van der Waals surface area contributed by atoms with Crippen molar-refractivity contribution in [2.45, 2.75) is 6.92 Å². The molecule has 1 unspecified atom stereocenters. The summed E-state index contributed by atoms with van der Waals surface area (Å²) in [6.07, 6.45) is 1.19. The Morgan fingerprint density at radius 2 is 2.14 bits per heavy atom. The first-order valence-electron chi connectivity index (χ1n) is 9.39. The molecule has 11 heteroatoms. The lowest BCUT2D eigenvalue weighted by molar-refractivity contribution is 0.102. The Bertz CT molecular complexity index is 828. The first-order valence-corrected chi connectivity index (χ1v) is 11.0. The topological polar surface area (TPSA) is 123 Å². The third-order valence-corrected chi connectivity index (χ3v) is 6.37. The third-order valence-electron chi connectivity index (χ3n) is 4.55. The van der Waals surface area contributed by atoms with Crippen molar-refractivity contribution in [2.75, 3.05) is 61.0 Å².